The highest BCUT2D eigenvalue weighted by molar-refractivity contribution is 4.68. The van der Waals surface area contributed by atoms with E-state index < -0.39 is 0 Å². The number of ether oxygens (including phenoxy) is 1. The summed E-state index contributed by atoms with van der Waals surface area (Å²) in [6.07, 6.45) is 2.67. The van der Waals surface area contributed by atoms with Gasteiger partial charge in [0.25, 0.3) is 0 Å². The summed E-state index contributed by atoms with van der Waals surface area (Å²) in [6, 6.07) is 0. The van der Waals surface area contributed by atoms with Crippen LogP contribution in [-0.4, -0.2) is 40.7 Å². The lowest BCUT2D eigenvalue weighted by molar-refractivity contribution is 0.185. The van der Waals surface area contributed by atoms with E-state index in [9.17, 15) is 4.79 Å². The molecule has 2 heterocycles. The Labute approximate surface area is 94.2 Å². The van der Waals surface area contributed by atoms with Gasteiger partial charge in [0.2, 0.25) is 0 Å². The van der Waals surface area contributed by atoms with Crippen LogP contribution in [0.15, 0.2) is 11.1 Å². The summed E-state index contributed by atoms with van der Waals surface area (Å²) in [7, 11) is 1.70. The monoisotopic (exact) mass is 226 g/mol. The molecular weight excluding hydrogens is 208 g/mol. The van der Waals surface area contributed by atoms with Gasteiger partial charge in [-0.05, 0) is 12.3 Å². The summed E-state index contributed by atoms with van der Waals surface area (Å²) in [5, 5.41) is 7.31. The first-order chi connectivity index (χ1) is 7.77. The first-order valence-corrected chi connectivity index (χ1v) is 5.64. The van der Waals surface area contributed by atoms with E-state index in [1.165, 1.54) is 15.6 Å². The molecule has 0 radical (unpaired) electrons. The van der Waals surface area contributed by atoms with Gasteiger partial charge in [-0.15, -0.1) is 0 Å². The van der Waals surface area contributed by atoms with Gasteiger partial charge in [0.05, 0.1) is 13.2 Å². The molecule has 2 rings (SSSR count). The lowest BCUT2D eigenvalue weighted by atomic mass is 10.1. The summed E-state index contributed by atoms with van der Waals surface area (Å²) < 4.78 is 8.23. The van der Waals surface area contributed by atoms with Gasteiger partial charge < -0.3 is 10.1 Å². The molecule has 0 bridgehead atoms. The summed E-state index contributed by atoms with van der Waals surface area (Å²) in [6.45, 7) is 4.09. The van der Waals surface area contributed by atoms with Crippen molar-refractivity contribution in [2.24, 2.45) is 13.0 Å². The predicted octanol–water partition coefficient (Wildman–Crippen LogP) is -0.792. The Kier molecular flexibility index (Phi) is 3.74. The van der Waals surface area contributed by atoms with Crippen LogP contribution in [0.5, 0.6) is 0 Å². The van der Waals surface area contributed by atoms with Crippen molar-refractivity contribution in [3.63, 3.8) is 0 Å². The number of nitrogens with one attached hydrogen (secondary N) is 1. The number of hydrogen-bond acceptors (Lipinski definition) is 4. The van der Waals surface area contributed by atoms with Crippen LogP contribution in [0, 0.1) is 5.92 Å². The van der Waals surface area contributed by atoms with E-state index in [1.807, 2.05) is 0 Å². The molecule has 1 N–H and O–H groups in total. The van der Waals surface area contributed by atoms with Crippen molar-refractivity contribution in [3.8, 4) is 0 Å². The second-order valence-electron chi connectivity index (χ2n) is 4.18. The Balaban J connectivity index is 1.68. The van der Waals surface area contributed by atoms with E-state index in [-0.39, 0.29) is 5.69 Å². The summed E-state index contributed by atoms with van der Waals surface area (Å²) in [5.41, 5.74) is -0.0639. The Bertz CT molecular complexity index is 378. The zero-order valence-corrected chi connectivity index (χ0v) is 9.56. The number of nitrogens with zero attached hydrogens (tertiary/aromatic N) is 3. The maximum atomic E-state index is 11.4. The summed E-state index contributed by atoms with van der Waals surface area (Å²) in [5.74, 6) is 0.625. The van der Waals surface area contributed by atoms with Crippen molar-refractivity contribution >= 4 is 0 Å². The number of hydrogen-bond donors (Lipinski definition) is 1. The van der Waals surface area contributed by atoms with Gasteiger partial charge in [-0.25, -0.2) is 9.48 Å². The van der Waals surface area contributed by atoms with Crippen molar-refractivity contribution in [2.75, 3.05) is 26.3 Å². The van der Waals surface area contributed by atoms with Gasteiger partial charge in [-0.2, -0.15) is 5.10 Å². The first-order valence-electron chi connectivity index (χ1n) is 5.64. The summed E-state index contributed by atoms with van der Waals surface area (Å²) in [4.78, 5) is 11.4. The molecule has 90 valence electrons. The Hall–Kier alpha value is -1.14. The third kappa shape index (κ3) is 2.70. The Morgan fingerprint density at radius 1 is 1.69 bits per heavy atom. The summed E-state index contributed by atoms with van der Waals surface area (Å²) >= 11 is 0. The van der Waals surface area contributed by atoms with E-state index in [0.717, 1.165) is 32.7 Å². The van der Waals surface area contributed by atoms with E-state index in [0.29, 0.717) is 12.5 Å². The fourth-order valence-electron chi connectivity index (χ4n) is 1.81. The van der Waals surface area contributed by atoms with Gasteiger partial charge in [-0.3, -0.25) is 4.57 Å². The minimum Gasteiger partial charge on any atom is -0.381 e. The normalized spacial score (nSPS) is 20.4. The maximum absolute atomic E-state index is 11.4. The molecule has 1 aromatic rings. The van der Waals surface area contributed by atoms with E-state index in [1.54, 1.807) is 7.05 Å². The van der Waals surface area contributed by atoms with Crippen LogP contribution in [0.25, 0.3) is 0 Å². The van der Waals surface area contributed by atoms with Gasteiger partial charge in [0, 0.05) is 26.7 Å². The highest BCUT2D eigenvalue weighted by atomic mass is 16.5. The molecule has 0 saturated carbocycles. The van der Waals surface area contributed by atoms with Gasteiger partial charge in [0.15, 0.2) is 0 Å². The van der Waals surface area contributed by atoms with E-state index in [4.69, 9.17) is 4.74 Å². The van der Waals surface area contributed by atoms with Crippen LogP contribution in [0.2, 0.25) is 0 Å². The molecular formula is C10H18N4O2. The number of aryl methyl sites for hydroxylation is 1. The molecule has 0 aromatic carbocycles. The average Bonchev–Trinajstić information content (AvgIpc) is 2.88. The second-order valence-corrected chi connectivity index (χ2v) is 4.18. The highest BCUT2D eigenvalue weighted by Crippen LogP contribution is 2.10. The standard InChI is InChI=1S/C10H18N4O2/c1-13-8-12-14(10(13)15)4-3-11-6-9-2-5-16-7-9/h8-9,11H,2-7H2,1H3. The van der Waals surface area contributed by atoms with Gasteiger partial charge in [-0.1, -0.05) is 0 Å². The lowest BCUT2D eigenvalue weighted by Crippen LogP contribution is -2.31. The lowest BCUT2D eigenvalue weighted by Gasteiger charge is -2.08. The topological polar surface area (TPSA) is 61.1 Å². The van der Waals surface area contributed by atoms with Crippen LogP contribution >= 0.6 is 0 Å². The van der Waals surface area contributed by atoms with Crippen molar-refractivity contribution in [1.29, 1.82) is 0 Å². The SMILES string of the molecule is Cn1cnn(CCNCC2CCOC2)c1=O. The average molecular weight is 226 g/mol. The zero-order valence-electron chi connectivity index (χ0n) is 9.56. The Morgan fingerprint density at radius 3 is 3.19 bits per heavy atom. The largest absolute Gasteiger partial charge is 0.381 e. The fourth-order valence-corrected chi connectivity index (χ4v) is 1.81. The van der Waals surface area contributed by atoms with E-state index in [2.05, 4.69) is 10.4 Å². The molecule has 1 saturated heterocycles. The molecule has 16 heavy (non-hydrogen) atoms. The second kappa shape index (κ2) is 5.27. The quantitative estimate of drug-likeness (QED) is 0.668. The zero-order chi connectivity index (χ0) is 11.4. The van der Waals surface area contributed by atoms with Crippen molar-refractivity contribution in [2.45, 2.75) is 13.0 Å². The smallest absolute Gasteiger partial charge is 0.345 e. The molecule has 0 aliphatic carbocycles. The van der Waals surface area contributed by atoms with E-state index >= 15 is 0 Å². The molecule has 1 atom stereocenters. The number of rotatable bonds is 5. The molecule has 1 fully saturated rings. The molecule has 6 heteroatoms. The molecule has 1 aliphatic heterocycles. The molecule has 1 aromatic heterocycles. The first kappa shape index (κ1) is 11.3. The molecule has 1 unspecified atom stereocenters. The molecule has 1 aliphatic rings. The van der Waals surface area contributed by atoms with Crippen LogP contribution < -0.4 is 11.0 Å². The third-order valence-corrected chi connectivity index (χ3v) is 2.84. The molecule has 6 nitrogen and oxygen atoms in total. The minimum atomic E-state index is -0.0639. The van der Waals surface area contributed by atoms with Gasteiger partial charge in [0.1, 0.15) is 6.33 Å². The fraction of sp³-hybridized carbons (Fsp3) is 0.800. The highest BCUT2D eigenvalue weighted by Gasteiger charge is 2.14. The molecule has 0 amide bonds. The van der Waals surface area contributed by atoms with Crippen LogP contribution in [-0.2, 0) is 18.3 Å². The van der Waals surface area contributed by atoms with Gasteiger partial charge >= 0.3 is 5.69 Å². The van der Waals surface area contributed by atoms with Crippen LogP contribution in [0.4, 0.5) is 0 Å². The Morgan fingerprint density at radius 2 is 2.56 bits per heavy atom. The van der Waals surface area contributed by atoms with Crippen LogP contribution in [0.3, 0.4) is 0 Å². The molecule has 0 spiro atoms. The number of aromatic nitrogens is 3. The van der Waals surface area contributed by atoms with Crippen molar-refractivity contribution < 1.29 is 4.74 Å². The maximum Gasteiger partial charge on any atom is 0.345 e. The third-order valence-electron chi connectivity index (χ3n) is 2.84. The van der Waals surface area contributed by atoms with Crippen molar-refractivity contribution in [3.05, 3.63) is 16.8 Å². The van der Waals surface area contributed by atoms with Crippen LogP contribution in [0.1, 0.15) is 6.42 Å². The predicted molar refractivity (Wildman–Crippen MR) is 59.3 cm³/mol. The van der Waals surface area contributed by atoms with Crippen molar-refractivity contribution in [1.82, 2.24) is 19.7 Å². The minimum absolute atomic E-state index is 0.0639.